The summed E-state index contributed by atoms with van der Waals surface area (Å²) in [6, 6.07) is 11.2. The second-order valence-electron chi connectivity index (χ2n) is 10.0. The number of rotatable bonds is 5. The molecule has 2 aromatic rings. The van der Waals surface area contributed by atoms with Gasteiger partial charge in [0.15, 0.2) is 0 Å². The van der Waals surface area contributed by atoms with Crippen LogP contribution in [0.3, 0.4) is 0 Å². The lowest BCUT2D eigenvalue weighted by molar-refractivity contribution is -0.114. The molecule has 0 radical (unpaired) electrons. The number of likely N-dealkylation sites (N-methyl/N-ethyl adjacent to an activating group) is 1. The van der Waals surface area contributed by atoms with Crippen molar-refractivity contribution >= 4 is 28.9 Å². The van der Waals surface area contributed by atoms with Gasteiger partial charge >= 0.3 is 0 Å². The molecule has 3 heterocycles. The Hall–Kier alpha value is -3.19. The van der Waals surface area contributed by atoms with Crippen LogP contribution in [-0.4, -0.2) is 63.0 Å². The number of halogens is 1. The molecule has 5 rings (SSSR count). The van der Waals surface area contributed by atoms with Gasteiger partial charge in [-0.3, -0.25) is 9.59 Å². The van der Waals surface area contributed by atoms with E-state index < -0.39 is 0 Å². The monoisotopic (exact) mass is 476 g/mol. The van der Waals surface area contributed by atoms with Gasteiger partial charge in [0, 0.05) is 54.7 Å². The largest absolute Gasteiger partial charge is 0.368 e. The predicted molar refractivity (Wildman–Crippen MR) is 138 cm³/mol. The fraction of sp³-hybridized carbons (Fsp3) is 0.429. The van der Waals surface area contributed by atoms with E-state index in [0.717, 1.165) is 48.3 Å². The Morgan fingerprint density at radius 2 is 1.74 bits per heavy atom. The third kappa shape index (κ3) is 4.12. The number of nitrogens with zero attached hydrogens (tertiary/aromatic N) is 4. The van der Waals surface area contributed by atoms with E-state index in [4.69, 9.17) is 0 Å². The highest BCUT2D eigenvalue weighted by atomic mass is 19.1. The lowest BCUT2D eigenvalue weighted by atomic mass is 9.97. The SMILES string of the molecule is CCC1=C(C)CN(c2ccc3c(c2)CCN(c2ccc(N4CC[C@@H](N(C)C)C4)c(F)c2)C3=O)C1=O. The van der Waals surface area contributed by atoms with Gasteiger partial charge in [0.1, 0.15) is 5.82 Å². The fourth-order valence-electron chi connectivity index (χ4n) is 5.60. The fourth-order valence-corrected chi connectivity index (χ4v) is 5.60. The van der Waals surface area contributed by atoms with Crippen LogP contribution >= 0.6 is 0 Å². The standard InChI is InChI=1S/C28H33FN4O2/c1-5-23-18(2)16-33(27(23)34)20-6-8-24-19(14-20)10-13-32(28(24)35)21-7-9-26(25(29)15-21)31-12-11-22(17-31)30(3)4/h6-9,14-15,22H,5,10-13,16-17H2,1-4H3/t22-/m1/s1. The molecule has 184 valence electrons. The van der Waals surface area contributed by atoms with Crippen molar-refractivity contribution in [3.8, 4) is 0 Å². The number of carbonyl (C=O) groups excluding carboxylic acids is 2. The minimum atomic E-state index is -0.294. The summed E-state index contributed by atoms with van der Waals surface area (Å²) in [7, 11) is 4.11. The number of carbonyl (C=O) groups is 2. The molecule has 0 aliphatic carbocycles. The van der Waals surface area contributed by atoms with Crippen molar-refractivity contribution in [3.63, 3.8) is 0 Å². The molecule has 0 unspecified atom stereocenters. The molecule has 2 amide bonds. The average Bonchev–Trinajstić information content (AvgIpc) is 3.43. The Bertz CT molecular complexity index is 1220. The molecule has 7 heteroatoms. The summed E-state index contributed by atoms with van der Waals surface area (Å²) in [4.78, 5) is 33.8. The van der Waals surface area contributed by atoms with E-state index in [1.54, 1.807) is 15.9 Å². The van der Waals surface area contributed by atoms with E-state index in [1.165, 1.54) is 6.07 Å². The molecule has 2 aromatic carbocycles. The molecular formula is C28H33FN4O2. The Morgan fingerprint density at radius 1 is 1.00 bits per heavy atom. The molecule has 0 aromatic heterocycles. The maximum absolute atomic E-state index is 15.1. The van der Waals surface area contributed by atoms with Crippen molar-refractivity contribution in [2.75, 3.05) is 55.0 Å². The molecule has 1 saturated heterocycles. The Balaban J connectivity index is 1.34. The number of hydrogen-bond donors (Lipinski definition) is 0. The first-order chi connectivity index (χ1) is 16.8. The quantitative estimate of drug-likeness (QED) is 0.648. The molecule has 1 fully saturated rings. The number of fused-ring (bicyclic) bond motifs is 1. The molecule has 3 aliphatic rings. The second kappa shape index (κ2) is 9.11. The predicted octanol–water partition coefficient (Wildman–Crippen LogP) is 4.24. The minimum Gasteiger partial charge on any atom is -0.368 e. The molecule has 6 nitrogen and oxygen atoms in total. The van der Waals surface area contributed by atoms with Gasteiger partial charge in [0.2, 0.25) is 0 Å². The number of benzene rings is 2. The smallest absolute Gasteiger partial charge is 0.258 e. The second-order valence-corrected chi connectivity index (χ2v) is 10.0. The third-order valence-electron chi connectivity index (χ3n) is 7.73. The van der Waals surface area contributed by atoms with Crippen molar-refractivity contribution < 1.29 is 14.0 Å². The normalized spacial score (nSPS) is 20.5. The molecular weight excluding hydrogens is 443 g/mol. The summed E-state index contributed by atoms with van der Waals surface area (Å²) < 4.78 is 15.1. The molecule has 0 N–H and O–H groups in total. The highest BCUT2D eigenvalue weighted by Gasteiger charge is 2.31. The molecule has 35 heavy (non-hydrogen) atoms. The summed E-state index contributed by atoms with van der Waals surface area (Å²) in [5.74, 6) is -0.368. The van der Waals surface area contributed by atoms with E-state index in [-0.39, 0.29) is 17.6 Å². The van der Waals surface area contributed by atoms with Crippen LogP contribution in [0.25, 0.3) is 0 Å². The van der Waals surface area contributed by atoms with Crippen molar-refractivity contribution in [2.45, 2.75) is 39.2 Å². The lowest BCUT2D eigenvalue weighted by Crippen LogP contribution is -2.38. The molecule has 1 atom stereocenters. The van der Waals surface area contributed by atoms with Crippen molar-refractivity contribution in [3.05, 3.63) is 64.5 Å². The van der Waals surface area contributed by atoms with Gasteiger partial charge in [0.25, 0.3) is 11.8 Å². The van der Waals surface area contributed by atoms with Gasteiger partial charge in [-0.1, -0.05) is 6.92 Å². The number of hydrogen-bond acceptors (Lipinski definition) is 4. The van der Waals surface area contributed by atoms with Crippen LogP contribution in [0.2, 0.25) is 0 Å². The maximum atomic E-state index is 15.1. The number of amides is 2. The van der Waals surface area contributed by atoms with E-state index in [1.807, 2.05) is 38.1 Å². The van der Waals surface area contributed by atoms with Crippen molar-refractivity contribution in [1.29, 1.82) is 0 Å². The Morgan fingerprint density at radius 3 is 2.40 bits per heavy atom. The van der Waals surface area contributed by atoms with Crippen molar-refractivity contribution in [2.24, 2.45) is 0 Å². The third-order valence-corrected chi connectivity index (χ3v) is 7.73. The Kier molecular flexibility index (Phi) is 6.13. The zero-order valence-corrected chi connectivity index (χ0v) is 21.0. The van der Waals surface area contributed by atoms with Gasteiger partial charge < -0.3 is 19.6 Å². The van der Waals surface area contributed by atoms with Crippen LogP contribution in [0.4, 0.5) is 21.5 Å². The summed E-state index contributed by atoms with van der Waals surface area (Å²) in [5.41, 5.74) is 5.54. The summed E-state index contributed by atoms with van der Waals surface area (Å²) in [6.45, 7) is 6.71. The zero-order valence-electron chi connectivity index (χ0n) is 21.0. The first kappa shape index (κ1) is 23.5. The van der Waals surface area contributed by atoms with Crippen LogP contribution in [0.5, 0.6) is 0 Å². The summed E-state index contributed by atoms with van der Waals surface area (Å²) in [5, 5.41) is 0. The van der Waals surface area contributed by atoms with Crippen molar-refractivity contribution in [1.82, 2.24) is 4.90 Å². The van der Waals surface area contributed by atoms with Gasteiger partial charge in [-0.05, 0) is 87.8 Å². The van der Waals surface area contributed by atoms with Crippen LogP contribution in [0, 0.1) is 5.82 Å². The molecule has 0 bridgehead atoms. The van der Waals surface area contributed by atoms with Crippen LogP contribution < -0.4 is 14.7 Å². The Labute approximate surface area is 206 Å². The van der Waals surface area contributed by atoms with Gasteiger partial charge in [-0.2, -0.15) is 0 Å². The van der Waals surface area contributed by atoms with E-state index in [2.05, 4.69) is 23.9 Å². The number of anilines is 3. The average molecular weight is 477 g/mol. The highest BCUT2D eigenvalue weighted by molar-refractivity contribution is 6.11. The van der Waals surface area contributed by atoms with E-state index >= 15 is 4.39 Å². The molecule has 0 spiro atoms. The van der Waals surface area contributed by atoms with E-state index in [0.29, 0.717) is 42.5 Å². The summed E-state index contributed by atoms with van der Waals surface area (Å²) in [6.07, 6.45) is 2.39. The first-order valence-corrected chi connectivity index (χ1v) is 12.4. The van der Waals surface area contributed by atoms with E-state index in [9.17, 15) is 9.59 Å². The maximum Gasteiger partial charge on any atom is 0.258 e. The van der Waals surface area contributed by atoms with Crippen LogP contribution in [0.15, 0.2) is 47.5 Å². The zero-order chi connectivity index (χ0) is 24.9. The van der Waals surface area contributed by atoms with Crippen LogP contribution in [-0.2, 0) is 11.2 Å². The lowest BCUT2D eigenvalue weighted by Gasteiger charge is -2.30. The highest BCUT2D eigenvalue weighted by Crippen LogP contribution is 2.33. The van der Waals surface area contributed by atoms with Gasteiger partial charge in [-0.25, -0.2) is 4.39 Å². The summed E-state index contributed by atoms with van der Waals surface area (Å²) >= 11 is 0. The molecule has 3 aliphatic heterocycles. The van der Waals surface area contributed by atoms with Gasteiger partial charge in [-0.15, -0.1) is 0 Å². The van der Waals surface area contributed by atoms with Crippen LogP contribution in [0.1, 0.15) is 42.6 Å². The molecule has 0 saturated carbocycles. The first-order valence-electron chi connectivity index (χ1n) is 12.4. The van der Waals surface area contributed by atoms with Gasteiger partial charge in [0.05, 0.1) is 5.69 Å². The topological polar surface area (TPSA) is 47.1 Å². The minimum absolute atomic E-state index is 0.0548.